The van der Waals surface area contributed by atoms with Gasteiger partial charge >= 0.3 is 11.9 Å². The predicted molar refractivity (Wildman–Crippen MR) is 60.0 cm³/mol. The quantitative estimate of drug-likeness (QED) is 0.525. The minimum Gasteiger partial charge on any atom is -0.464 e. The number of hydrogen-bond acceptors (Lipinski definition) is 6. The van der Waals surface area contributed by atoms with E-state index >= 15 is 0 Å². The zero-order valence-corrected chi connectivity index (χ0v) is 10.6. The van der Waals surface area contributed by atoms with Gasteiger partial charge in [0.25, 0.3) is 0 Å². The van der Waals surface area contributed by atoms with Gasteiger partial charge in [-0.2, -0.15) is 5.26 Å². The van der Waals surface area contributed by atoms with Crippen molar-refractivity contribution in [2.24, 2.45) is 0 Å². The van der Waals surface area contributed by atoms with Crippen molar-refractivity contribution in [1.82, 2.24) is 5.32 Å². The molecule has 0 saturated carbocycles. The molecular weight excluding hydrogens is 240 g/mol. The molecule has 0 aromatic carbocycles. The lowest BCUT2D eigenvalue weighted by Crippen LogP contribution is -2.60. The zero-order chi connectivity index (χ0) is 14.2. The first-order valence-corrected chi connectivity index (χ1v) is 5.44. The molecular formula is C11H16N2O5. The summed E-state index contributed by atoms with van der Waals surface area (Å²) in [5.74, 6) is -2.63. The molecule has 0 radical (unpaired) electrons. The smallest absolute Gasteiger partial charge is 0.344 e. The average molecular weight is 256 g/mol. The molecule has 0 saturated heterocycles. The zero-order valence-electron chi connectivity index (χ0n) is 10.6. The molecule has 0 bridgehead atoms. The summed E-state index contributed by atoms with van der Waals surface area (Å²) in [5, 5.41) is 10.9. The monoisotopic (exact) mass is 256 g/mol. The number of carbonyl (C=O) groups is 3. The van der Waals surface area contributed by atoms with Gasteiger partial charge in [0.1, 0.15) is 0 Å². The number of amides is 1. The summed E-state index contributed by atoms with van der Waals surface area (Å²) in [4.78, 5) is 34.8. The van der Waals surface area contributed by atoms with Crippen LogP contribution in [0.15, 0.2) is 0 Å². The molecule has 7 heteroatoms. The Morgan fingerprint density at radius 2 is 1.61 bits per heavy atom. The van der Waals surface area contributed by atoms with Gasteiger partial charge in [-0.3, -0.25) is 4.79 Å². The van der Waals surface area contributed by atoms with Gasteiger partial charge in [0.15, 0.2) is 0 Å². The lowest BCUT2D eigenvalue weighted by molar-refractivity contribution is -0.167. The highest BCUT2D eigenvalue weighted by Crippen LogP contribution is 2.15. The number of ether oxygens (including phenoxy) is 2. The molecule has 18 heavy (non-hydrogen) atoms. The second kappa shape index (κ2) is 7.27. The highest BCUT2D eigenvalue weighted by atomic mass is 16.6. The van der Waals surface area contributed by atoms with Crippen molar-refractivity contribution >= 4 is 17.8 Å². The van der Waals surface area contributed by atoms with Gasteiger partial charge in [-0.15, -0.1) is 0 Å². The van der Waals surface area contributed by atoms with E-state index in [9.17, 15) is 14.4 Å². The second-order valence-corrected chi connectivity index (χ2v) is 3.36. The van der Waals surface area contributed by atoms with Crippen LogP contribution in [0.25, 0.3) is 0 Å². The number of nitriles is 1. The molecule has 0 fully saturated rings. The number of rotatable bonds is 6. The van der Waals surface area contributed by atoms with E-state index in [-0.39, 0.29) is 13.2 Å². The number of esters is 2. The molecule has 0 aromatic heterocycles. The van der Waals surface area contributed by atoms with Gasteiger partial charge in [-0.1, -0.05) is 0 Å². The molecule has 7 nitrogen and oxygen atoms in total. The van der Waals surface area contributed by atoms with Crippen LogP contribution >= 0.6 is 0 Å². The van der Waals surface area contributed by atoms with Gasteiger partial charge in [0.2, 0.25) is 11.4 Å². The van der Waals surface area contributed by atoms with Crippen LogP contribution in [0.4, 0.5) is 0 Å². The molecule has 0 unspecified atom stereocenters. The molecule has 0 heterocycles. The molecule has 0 rings (SSSR count). The minimum absolute atomic E-state index is 0.0189. The van der Waals surface area contributed by atoms with Crippen molar-refractivity contribution in [2.75, 3.05) is 13.2 Å². The Balaban J connectivity index is 5.41. The Hall–Kier alpha value is -2.10. The average Bonchev–Trinajstić information content (AvgIpc) is 2.28. The second-order valence-electron chi connectivity index (χ2n) is 3.36. The normalized spacial score (nSPS) is 10.1. The minimum atomic E-state index is -2.09. The third-order valence-corrected chi connectivity index (χ3v) is 1.98. The van der Waals surface area contributed by atoms with Gasteiger partial charge in [0, 0.05) is 6.92 Å². The Kier molecular flexibility index (Phi) is 6.42. The topological polar surface area (TPSA) is 105 Å². The third kappa shape index (κ3) is 3.73. The summed E-state index contributed by atoms with van der Waals surface area (Å²) < 4.78 is 9.45. The first kappa shape index (κ1) is 15.9. The lowest BCUT2D eigenvalue weighted by atomic mass is 9.95. The fraction of sp³-hybridized carbons (Fsp3) is 0.636. The van der Waals surface area contributed by atoms with E-state index < -0.39 is 29.8 Å². The fourth-order valence-electron chi connectivity index (χ4n) is 1.30. The third-order valence-electron chi connectivity index (χ3n) is 1.98. The van der Waals surface area contributed by atoms with E-state index in [2.05, 4.69) is 5.32 Å². The van der Waals surface area contributed by atoms with Crippen LogP contribution < -0.4 is 5.32 Å². The summed E-state index contributed by atoms with van der Waals surface area (Å²) in [5.41, 5.74) is -2.09. The van der Waals surface area contributed by atoms with Crippen molar-refractivity contribution in [1.29, 1.82) is 5.26 Å². The molecule has 0 aliphatic rings. The van der Waals surface area contributed by atoms with E-state index in [1.54, 1.807) is 19.9 Å². The number of nitrogens with zero attached hydrogens (tertiary/aromatic N) is 1. The van der Waals surface area contributed by atoms with Crippen LogP contribution in [0.2, 0.25) is 0 Å². The van der Waals surface area contributed by atoms with Crippen LogP contribution in [0, 0.1) is 11.3 Å². The van der Waals surface area contributed by atoms with Crippen molar-refractivity contribution < 1.29 is 23.9 Å². The Labute approximate surface area is 105 Å². The Morgan fingerprint density at radius 1 is 1.17 bits per heavy atom. The molecule has 0 aromatic rings. The molecule has 0 atom stereocenters. The van der Waals surface area contributed by atoms with Crippen molar-refractivity contribution in [2.45, 2.75) is 32.7 Å². The standard InChI is InChI=1S/C11H16N2O5/c1-4-17-9(15)11(6-7-12,13-8(3)14)10(16)18-5-2/h4-6H2,1-3H3,(H,13,14). The van der Waals surface area contributed by atoms with E-state index in [4.69, 9.17) is 14.7 Å². The Bertz CT molecular complexity index is 354. The molecule has 100 valence electrons. The van der Waals surface area contributed by atoms with Crippen molar-refractivity contribution in [3.05, 3.63) is 0 Å². The van der Waals surface area contributed by atoms with Gasteiger partial charge < -0.3 is 14.8 Å². The maximum absolute atomic E-state index is 11.8. The van der Waals surface area contributed by atoms with Crippen LogP contribution in [-0.4, -0.2) is 36.6 Å². The molecule has 0 spiro atoms. The van der Waals surface area contributed by atoms with Crippen LogP contribution in [-0.2, 0) is 23.9 Å². The highest BCUT2D eigenvalue weighted by Gasteiger charge is 2.50. The van der Waals surface area contributed by atoms with Crippen LogP contribution in [0.3, 0.4) is 0 Å². The largest absolute Gasteiger partial charge is 0.464 e. The van der Waals surface area contributed by atoms with Crippen LogP contribution in [0.5, 0.6) is 0 Å². The van der Waals surface area contributed by atoms with E-state index in [0.717, 1.165) is 6.92 Å². The summed E-state index contributed by atoms with van der Waals surface area (Å²) >= 11 is 0. The van der Waals surface area contributed by atoms with Crippen molar-refractivity contribution in [3.8, 4) is 6.07 Å². The molecule has 0 aliphatic heterocycles. The van der Waals surface area contributed by atoms with E-state index in [1.165, 1.54) is 0 Å². The van der Waals surface area contributed by atoms with Crippen molar-refractivity contribution in [3.63, 3.8) is 0 Å². The SMILES string of the molecule is CCOC(=O)C(CC#N)(NC(C)=O)C(=O)OCC. The van der Waals surface area contributed by atoms with Gasteiger partial charge in [0.05, 0.1) is 25.7 Å². The first-order valence-electron chi connectivity index (χ1n) is 5.44. The van der Waals surface area contributed by atoms with E-state index in [0.29, 0.717) is 0 Å². The Morgan fingerprint density at radius 3 is 1.89 bits per heavy atom. The highest BCUT2D eigenvalue weighted by molar-refractivity contribution is 6.08. The maximum atomic E-state index is 11.8. The van der Waals surface area contributed by atoms with Crippen LogP contribution in [0.1, 0.15) is 27.2 Å². The fourth-order valence-corrected chi connectivity index (χ4v) is 1.30. The number of carbonyl (C=O) groups excluding carboxylic acids is 3. The number of hydrogen-bond donors (Lipinski definition) is 1. The predicted octanol–water partition coefficient (Wildman–Crippen LogP) is -0.0988. The lowest BCUT2D eigenvalue weighted by Gasteiger charge is -2.27. The summed E-state index contributed by atoms with van der Waals surface area (Å²) in [7, 11) is 0. The van der Waals surface area contributed by atoms with E-state index in [1.807, 2.05) is 0 Å². The molecule has 1 N–H and O–H groups in total. The number of nitrogens with one attached hydrogen (secondary N) is 1. The van der Waals surface area contributed by atoms with Gasteiger partial charge in [-0.25, -0.2) is 9.59 Å². The molecule has 1 amide bonds. The maximum Gasteiger partial charge on any atom is 0.344 e. The van der Waals surface area contributed by atoms with Gasteiger partial charge in [-0.05, 0) is 13.8 Å². The molecule has 0 aliphatic carbocycles. The summed E-state index contributed by atoms with van der Waals surface area (Å²) in [6.07, 6.45) is -0.551. The summed E-state index contributed by atoms with van der Waals surface area (Å²) in [6, 6.07) is 1.68. The summed E-state index contributed by atoms with van der Waals surface area (Å²) in [6.45, 7) is 4.27. The first-order chi connectivity index (χ1) is 8.44.